The van der Waals surface area contributed by atoms with Crippen molar-refractivity contribution in [2.45, 2.75) is 302 Å². The zero-order valence-corrected chi connectivity index (χ0v) is 56.5. The minimum absolute atomic E-state index is 0.0162. The van der Waals surface area contributed by atoms with Gasteiger partial charge < -0.3 is 60.8 Å². The van der Waals surface area contributed by atoms with Gasteiger partial charge in [-0.05, 0) is 134 Å². The molecule has 4 rings (SSSR count). The fourth-order valence-corrected chi connectivity index (χ4v) is 14.4. The molecule has 0 N–H and O–H groups in total. The van der Waals surface area contributed by atoms with Gasteiger partial charge in [0.1, 0.15) is 36.8 Å². The van der Waals surface area contributed by atoms with Crippen molar-refractivity contribution in [2.75, 3.05) is 34.4 Å². The summed E-state index contributed by atoms with van der Waals surface area (Å²) in [5.41, 5.74) is -0.655. The maximum Gasteiger partial charge on any atom is 0.308 e. The van der Waals surface area contributed by atoms with Crippen LogP contribution in [0.3, 0.4) is 0 Å². The first-order valence-electron chi connectivity index (χ1n) is 29.6. The second-order valence-corrected chi connectivity index (χ2v) is 43.0. The monoisotopic (exact) mass is 1140 g/mol. The molecule has 0 aromatic rings. The lowest BCUT2D eigenvalue weighted by Gasteiger charge is -2.54. The van der Waals surface area contributed by atoms with Gasteiger partial charge in [0.05, 0.1) is 48.6 Å². The highest BCUT2D eigenvalue weighted by Crippen LogP contribution is 2.47. The lowest BCUT2D eigenvalue weighted by Crippen LogP contribution is -2.68. The van der Waals surface area contributed by atoms with Gasteiger partial charge in [0.2, 0.25) is 0 Å². The Morgan fingerprint density at radius 2 is 1.34 bits per heavy atom. The van der Waals surface area contributed by atoms with Crippen LogP contribution in [0.25, 0.3) is 0 Å². The van der Waals surface area contributed by atoms with Gasteiger partial charge in [-0.2, -0.15) is 0 Å². The molecule has 0 spiro atoms. The van der Waals surface area contributed by atoms with E-state index < -0.39 is 86.0 Å². The smallest absolute Gasteiger partial charge is 0.308 e. The van der Waals surface area contributed by atoms with Gasteiger partial charge in [-0.3, -0.25) is 4.79 Å². The predicted octanol–water partition coefficient (Wildman–Crippen LogP) is 13.2. The first kappa shape index (κ1) is 68.6. The third kappa shape index (κ3) is 18.3. The molecule has 17 heteroatoms. The van der Waals surface area contributed by atoms with Crippen LogP contribution in [-0.4, -0.2) is 162 Å². The van der Waals surface area contributed by atoms with Crippen molar-refractivity contribution in [1.29, 1.82) is 0 Å². The quantitative estimate of drug-likeness (QED) is 0.0953. The van der Waals surface area contributed by atoms with E-state index in [1.54, 1.807) is 7.11 Å². The summed E-state index contributed by atoms with van der Waals surface area (Å²) in [4.78, 5) is 16.4. The highest BCUT2D eigenvalue weighted by atomic mass is 28.4. The highest BCUT2D eigenvalue weighted by Gasteiger charge is 2.57. The number of hydrogen-bond donors (Lipinski definition) is 0. The number of carbonyl (C=O) groups excluding carboxylic acids is 1. The molecular formula is C60H115NO13Si3. The average molecular weight is 1140 g/mol. The topological polar surface area (TPSA) is 131 Å². The Morgan fingerprint density at radius 3 is 1.90 bits per heavy atom. The van der Waals surface area contributed by atoms with Gasteiger partial charge in [-0.1, -0.05) is 107 Å². The Bertz CT molecular complexity index is 1880. The Balaban J connectivity index is 1.93. The molecule has 4 aliphatic heterocycles. The van der Waals surface area contributed by atoms with Crippen molar-refractivity contribution in [1.82, 2.24) is 4.90 Å². The molecule has 0 aromatic carbocycles. The second-order valence-electron chi connectivity index (χ2n) is 28.7. The molecular weight excluding hydrogens is 1030 g/mol. The Hall–Kier alpha value is -0.879. The van der Waals surface area contributed by atoms with E-state index in [9.17, 15) is 4.79 Å². The Kier molecular flexibility index (Phi) is 24.7. The van der Waals surface area contributed by atoms with Crippen molar-refractivity contribution < 1.29 is 60.7 Å². The third-order valence-electron chi connectivity index (χ3n) is 18.3. The highest BCUT2D eigenvalue weighted by molar-refractivity contribution is 6.75. The molecule has 0 radical (unpaired) electrons. The summed E-state index contributed by atoms with van der Waals surface area (Å²) in [5.74, 6) is -0.0686. The molecule has 1 unspecified atom stereocenters. The number of allylic oxidation sites excluding steroid dienone is 2. The molecule has 14 nitrogen and oxygen atoms in total. The molecule has 77 heavy (non-hydrogen) atoms. The molecule has 17 atom stereocenters. The zero-order valence-electron chi connectivity index (χ0n) is 53.5. The van der Waals surface area contributed by atoms with E-state index in [2.05, 4.69) is 180 Å². The SMILES string of the molecule is CCO[C@@]1(C)C[C@@H](O[C@@H]2[C@@H](N(C)C)[C@H](O[Si](C)(C)C(C)(C)C)[C@@H](O[C@H]3[C@H]4CC(O[Si](C)(C)C(C)(C)C)O[C@H](CC(=O)O[C@H](C)C/C=C/C=C/[C@H](O[Si](C)(C)C(C)(C)C)[C@H](C)C4)[C@@H]3OC)O[C@H]2C)O[C@H](C)[C@H]1OCCC(C)C. The molecule has 2 bridgehead atoms. The van der Waals surface area contributed by atoms with E-state index in [-0.39, 0.29) is 69.8 Å². The molecule has 450 valence electrons. The van der Waals surface area contributed by atoms with Crippen LogP contribution in [0.15, 0.2) is 24.3 Å². The van der Waals surface area contributed by atoms with E-state index >= 15 is 0 Å². The second kappa shape index (κ2) is 27.7. The fourth-order valence-electron chi connectivity index (χ4n) is 10.6. The number of methoxy groups -OCH3 is 1. The van der Waals surface area contributed by atoms with Crippen LogP contribution in [0.5, 0.6) is 0 Å². The molecule has 3 saturated heterocycles. The first-order chi connectivity index (χ1) is 35.3. The molecule has 4 aliphatic rings. The molecule has 3 fully saturated rings. The van der Waals surface area contributed by atoms with E-state index in [4.69, 9.17) is 55.9 Å². The number of rotatable bonds is 18. The van der Waals surface area contributed by atoms with Crippen LogP contribution in [0, 0.1) is 17.8 Å². The standard InChI is InChI=1S/C60H115NO13Si3/c1-27-65-60(17)38-49(67-43(7)55(60)64-34-33-39(2)3)70-51-42(6)68-56(54(50(51)61(18)19)74-77(25,26)59(14,15)16)71-52-44-35-40(4)45(72-75(21,22)57(8,9)10)32-30-28-29-31-41(5)66-47(62)37-46(53(52)63-20)69-48(36-44)73-76(23,24)58(11,12)13/h28-30,32,39-46,48-56H,27,31,33-38H2,1-26H3/b29-28+,32-30+/t40-,41-,42+,43-,44-,45+,46-,48?,49-,50-,51+,52+,53+,54+,55-,56-,60+/m1/s1. The Morgan fingerprint density at radius 1 is 0.740 bits per heavy atom. The Labute approximate surface area is 473 Å². The van der Waals surface area contributed by atoms with Gasteiger partial charge in [0, 0.05) is 39.6 Å². The number of likely N-dealkylation sites (N-methyl/N-ethyl adjacent to an activating group) is 1. The molecule has 0 aliphatic carbocycles. The summed E-state index contributed by atoms with van der Waals surface area (Å²) in [6.45, 7) is 52.1. The number of nitrogens with zero attached hydrogens (tertiary/aromatic N) is 1. The van der Waals surface area contributed by atoms with Crippen LogP contribution in [0.2, 0.25) is 54.4 Å². The predicted molar refractivity (Wildman–Crippen MR) is 317 cm³/mol. The summed E-state index contributed by atoms with van der Waals surface area (Å²) in [6.07, 6.45) is 4.31. The van der Waals surface area contributed by atoms with Crippen LogP contribution in [-0.2, 0) is 60.7 Å². The first-order valence-corrected chi connectivity index (χ1v) is 38.3. The zero-order chi connectivity index (χ0) is 58.4. The van der Waals surface area contributed by atoms with Crippen molar-refractivity contribution in [3.63, 3.8) is 0 Å². The summed E-state index contributed by atoms with van der Waals surface area (Å²) in [5, 5.41) is -0.299. The van der Waals surface area contributed by atoms with E-state index in [1.807, 2.05) is 19.9 Å². The summed E-state index contributed by atoms with van der Waals surface area (Å²) < 4.78 is 84.5. The van der Waals surface area contributed by atoms with Gasteiger partial charge in [-0.15, -0.1) is 0 Å². The third-order valence-corrected chi connectivity index (χ3v) is 31.7. The molecule has 4 heterocycles. The van der Waals surface area contributed by atoms with E-state index in [1.165, 1.54) is 0 Å². The normalized spacial score (nSPS) is 37.0. The summed E-state index contributed by atoms with van der Waals surface area (Å²) >= 11 is 0. The fraction of sp³-hybridized carbons (Fsp3) is 0.917. The lowest BCUT2D eigenvalue weighted by molar-refractivity contribution is -0.345. The maximum absolute atomic E-state index is 14.2. The van der Waals surface area contributed by atoms with E-state index in [0.717, 1.165) is 6.42 Å². The minimum atomic E-state index is -2.58. The minimum Gasteiger partial charge on any atom is -0.462 e. The molecule has 0 amide bonds. The number of carbonyl (C=O) groups is 1. The largest absolute Gasteiger partial charge is 0.462 e. The number of ether oxygens (including phenoxy) is 9. The van der Waals surface area contributed by atoms with Crippen molar-refractivity contribution in [2.24, 2.45) is 17.8 Å². The van der Waals surface area contributed by atoms with Crippen molar-refractivity contribution in [3.8, 4) is 0 Å². The van der Waals surface area contributed by atoms with Crippen molar-refractivity contribution >= 4 is 30.9 Å². The lowest BCUT2D eigenvalue weighted by atomic mass is 9.83. The summed E-state index contributed by atoms with van der Waals surface area (Å²) in [6, 6.07) is -0.358. The number of hydrogen-bond acceptors (Lipinski definition) is 14. The van der Waals surface area contributed by atoms with Crippen LogP contribution < -0.4 is 0 Å². The van der Waals surface area contributed by atoms with E-state index in [0.29, 0.717) is 44.8 Å². The van der Waals surface area contributed by atoms with Gasteiger partial charge in [0.15, 0.2) is 37.5 Å². The maximum atomic E-state index is 14.2. The van der Waals surface area contributed by atoms with Crippen LogP contribution in [0.1, 0.15) is 156 Å². The molecule has 0 saturated carbocycles. The van der Waals surface area contributed by atoms with Gasteiger partial charge >= 0.3 is 5.97 Å². The summed E-state index contributed by atoms with van der Waals surface area (Å²) in [7, 11) is -1.45. The van der Waals surface area contributed by atoms with Crippen LogP contribution >= 0.6 is 0 Å². The number of esters is 1. The van der Waals surface area contributed by atoms with Gasteiger partial charge in [0.25, 0.3) is 0 Å². The van der Waals surface area contributed by atoms with Crippen LogP contribution in [0.4, 0.5) is 0 Å². The molecule has 0 aromatic heterocycles. The van der Waals surface area contributed by atoms with Crippen molar-refractivity contribution in [3.05, 3.63) is 24.3 Å². The van der Waals surface area contributed by atoms with Gasteiger partial charge in [-0.25, -0.2) is 0 Å². The average Bonchev–Trinajstić information content (AvgIpc) is 3.38. The number of fused-ring (bicyclic) bond motifs is 3. The number of cyclic esters (lactones) is 1.